The Morgan fingerprint density at radius 2 is 1.84 bits per heavy atom. The van der Waals surface area contributed by atoms with E-state index in [0.29, 0.717) is 36.9 Å². The minimum absolute atomic E-state index is 0.152. The molecule has 0 aromatic carbocycles. The Balaban J connectivity index is 1.48. The lowest BCUT2D eigenvalue weighted by Gasteiger charge is -2.34. The topological polar surface area (TPSA) is 103 Å². The van der Waals surface area contributed by atoms with Crippen molar-refractivity contribution in [3.05, 3.63) is 53.8 Å². The maximum absolute atomic E-state index is 12.2. The molecule has 1 amide bonds. The summed E-state index contributed by atoms with van der Waals surface area (Å²) >= 11 is 0. The zero-order valence-corrected chi connectivity index (χ0v) is 13.4. The zero-order chi connectivity index (χ0) is 17.6. The van der Waals surface area contributed by atoms with Gasteiger partial charge in [-0.2, -0.15) is 4.73 Å². The standard InChI is InChI=1S/C16H17N5O4/c22-14(12-25-15(23)13-4-1-2-7-21(13)24)19-8-10-20(11-9-19)16-17-5-3-6-18-16/h1-7H,8-12H2. The third-order valence-electron chi connectivity index (χ3n) is 3.83. The van der Waals surface area contributed by atoms with Crippen LogP contribution in [0, 0.1) is 5.21 Å². The van der Waals surface area contributed by atoms with Crippen LogP contribution in [0.15, 0.2) is 42.9 Å². The van der Waals surface area contributed by atoms with Crippen LogP contribution in [0.25, 0.3) is 0 Å². The Morgan fingerprint density at radius 1 is 1.12 bits per heavy atom. The molecule has 0 bridgehead atoms. The second-order valence-corrected chi connectivity index (χ2v) is 5.40. The number of hydrogen-bond donors (Lipinski definition) is 0. The molecule has 2 aromatic heterocycles. The Hall–Kier alpha value is -3.23. The molecular weight excluding hydrogens is 326 g/mol. The molecule has 0 aliphatic carbocycles. The molecule has 9 nitrogen and oxygen atoms in total. The van der Waals surface area contributed by atoms with E-state index in [0.717, 1.165) is 0 Å². The smallest absolute Gasteiger partial charge is 0.405 e. The summed E-state index contributed by atoms with van der Waals surface area (Å²) in [5, 5.41) is 11.5. The predicted molar refractivity (Wildman–Crippen MR) is 86.5 cm³/mol. The van der Waals surface area contributed by atoms with Crippen LogP contribution in [0.1, 0.15) is 10.5 Å². The first-order valence-corrected chi connectivity index (χ1v) is 7.80. The second kappa shape index (κ2) is 7.56. The number of hydrogen-bond acceptors (Lipinski definition) is 7. The van der Waals surface area contributed by atoms with E-state index in [4.69, 9.17) is 4.74 Å². The van der Waals surface area contributed by atoms with Gasteiger partial charge in [0.2, 0.25) is 5.95 Å². The maximum Gasteiger partial charge on any atom is 0.405 e. The Morgan fingerprint density at radius 3 is 2.52 bits per heavy atom. The highest BCUT2D eigenvalue weighted by atomic mass is 16.5. The van der Waals surface area contributed by atoms with Gasteiger partial charge in [-0.3, -0.25) is 4.79 Å². The van der Waals surface area contributed by atoms with E-state index in [2.05, 4.69) is 9.97 Å². The van der Waals surface area contributed by atoms with Gasteiger partial charge in [-0.15, -0.1) is 0 Å². The van der Waals surface area contributed by atoms with E-state index in [9.17, 15) is 14.8 Å². The first kappa shape index (κ1) is 16.6. The average molecular weight is 343 g/mol. The third kappa shape index (κ3) is 4.00. The van der Waals surface area contributed by atoms with Crippen LogP contribution in [0.2, 0.25) is 0 Å². The van der Waals surface area contributed by atoms with Crippen molar-refractivity contribution in [1.29, 1.82) is 0 Å². The van der Waals surface area contributed by atoms with Crippen LogP contribution in [0.5, 0.6) is 0 Å². The van der Waals surface area contributed by atoms with Crippen LogP contribution in [-0.2, 0) is 9.53 Å². The lowest BCUT2D eigenvalue weighted by atomic mass is 10.3. The van der Waals surface area contributed by atoms with E-state index in [1.807, 2.05) is 4.90 Å². The van der Waals surface area contributed by atoms with Crippen LogP contribution in [0.4, 0.5) is 5.95 Å². The van der Waals surface area contributed by atoms with E-state index in [1.165, 1.54) is 18.3 Å². The second-order valence-electron chi connectivity index (χ2n) is 5.40. The highest BCUT2D eigenvalue weighted by molar-refractivity contribution is 5.88. The largest absolute Gasteiger partial charge is 0.618 e. The molecule has 130 valence electrons. The Labute approximate surface area is 144 Å². The summed E-state index contributed by atoms with van der Waals surface area (Å²) in [5.41, 5.74) is -0.152. The maximum atomic E-state index is 12.2. The monoisotopic (exact) mass is 343 g/mol. The number of ether oxygens (including phenoxy) is 1. The van der Waals surface area contributed by atoms with Crippen molar-refractivity contribution >= 4 is 17.8 Å². The Kier molecular flexibility index (Phi) is 5.03. The van der Waals surface area contributed by atoms with Gasteiger partial charge in [-0.25, -0.2) is 14.8 Å². The number of carbonyl (C=O) groups is 2. The number of anilines is 1. The molecule has 0 unspecified atom stereocenters. The molecule has 9 heteroatoms. The van der Waals surface area contributed by atoms with Crippen molar-refractivity contribution in [2.24, 2.45) is 0 Å². The van der Waals surface area contributed by atoms with Gasteiger partial charge in [0.15, 0.2) is 12.8 Å². The molecule has 0 N–H and O–H groups in total. The summed E-state index contributed by atoms with van der Waals surface area (Å²) in [6.45, 7) is 1.78. The van der Waals surface area contributed by atoms with Crippen LogP contribution < -0.4 is 9.63 Å². The summed E-state index contributed by atoms with van der Waals surface area (Å²) in [5.74, 6) is -0.485. The first-order valence-electron chi connectivity index (χ1n) is 7.80. The quantitative estimate of drug-likeness (QED) is 0.423. The first-order chi connectivity index (χ1) is 12.1. The van der Waals surface area contributed by atoms with Gasteiger partial charge >= 0.3 is 11.7 Å². The molecule has 2 aromatic rings. The fourth-order valence-electron chi connectivity index (χ4n) is 2.49. The molecule has 1 aliphatic heterocycles. The van der Waals surface area contributed by atoms with Gasteiger partial charge in [0.05, 0.1) is 0 Å². The van der Waals surface area contributed by atoms with Crippen molar-refractivity contribution < 1.29 is 19.1 Å². The lowest BCUT2D eigenvalue weighted by molar-refractivity contribution is -0.608. The average Bonchev–Trinajstić information content (AvgIpc) is 2.67. The molecule has 3 heterocycles. The number of pyridine rings is 1. The number of nitrogens with zero attached hydrogens (tertiary/aromatic N) is 5. The van der Waals surface area contributed by atoms with Crippen molar-refractivity contribution in [2.75, 3.05) is 37.7 Å². The SMILES string of the molecule is O=C(OCC(=O)N1CCN(c2ncccn2)CC1)c1cccc[n+]1[O-]. The molecule has 0 spiro atoms. The van der Waals surface area contributed by atoms with Crippen molar-refractivity contribution in [3.8, 4) is 0 Å². The Bertz CT molecular complexity index is 747. The lowest BCUT2D eigenvalue weighted by Crippen LogP contribution is -2.50. The number of carbonyl (C=O) groups excluding carboxylic acids is 2. The van der Waals surface area contributed by atoms with Gasteiger partial charge in [0.1, 0.15) is 0 Å². The molecule has 3 rings (SSSR count). The van der Waals surface area contributed by atoms with E-state index in [1.54, 1.807) is 29.4 Å². The summed E-state index contributed by atoms with van der Waals surface area (Å²) in [4.78, 5) is 36.0. The number of amides is 1. The van der Waals surface area contributed by atoms with Gasteiger partial charge in [-0.05, 0) is 12.1 Å². The van der Waals surface area contributed by atoms with E-state index < -0.39 is 12.6 Å². The molecule has 0 radical (unpaired) electrons. The number of aromatic nitrogens is 3. The van der Waals surface area contributed by atoms with Gasteiger partial charge in [0.25, 0.3) is 5.91 Å². The summed E-state index contributed by atoms with van der Waals surface area (Å²) in [7, 11) is 0. The van der Waals surface area contributed by atoms with E-state index in [-0.39, 0.29) is 11.6 Å². The van der Waals surface area contributed by atoms with Crippen LogP contribution >= 0.6 is 0 Å². The van der Waals surface area contributed by atoms with Crippen molar-refractivity contribution in [3.63, 3.8) is 0 Å². The normalized spacial score (nSPS) is 14.2. The molecule has 25 heavy (non-hydrogen) atoms. The predicted octanol–water partition coefficient (Wildman–Crippen LogP) is -0.384. The highest BCUT2D eigenvalue weighted by Crippen LogP contribution is 2.10. The number of piperazine rings is 1. The van der Waals surface area contributed by atoms with Gasteiger partial charge in [-0.1, -0.05) is 0 Å². The summed E-state index contributed by atoms with van der Waals surface area (Å²) < 4.78 is 5.35. The number of esters is 1. The molecule has 1 fully saturated rings. The van der Waals surface area contributed by atoms with Crippen LogP contribution in [-0.4, -0.2) is 59.5 Å². The van der Waals surface area contributed by atoms with E-state index >= 15 is 0 Å². The highest BCUT2D eigenvalue weighted by Gasteiger charge is 2.24. The summed E-state index contributed by atoms with van der Waals surface area (Å²) in [6.07, 6.45) is 4.54. The van der Waals surface area contributed by atoms with Crippen LogP contribution in [0.3, 0.4) is 0 Å². The van der Waals surface area contributed by atoms with Gasteiger partial charge in [0, 0.05) is 50.7 Å². The molecule has 0 saturated carbocycles. The zero-order valence-electron chi connectivity index (χ0n) is 13.4. The van der Waals surface area contributed by atoms with Crippen molar-refractivity contribution in [2.45, 2.75) is 0 Å². The minimum Gasteiger partial charge on any atom is -0.618 e. The summed E-state index contributed by atoms with van der Waals surface area (Å²) in [6, 6.07) is 6.15. The third-order valence-corrected chi connectivity index (χ3v) is 3.83. The minimum atomic E-state index is -0.819. The van der Waals surface area contributed by atoms with Gasteiger partial charge < -0.3 is 19.7 Å². The molecular formula is C16H17N5O4. The fraction of sp³-hybridized carbons (Fsp3) is 0.312. The molecule has 0 atom stereocenters. The fourth-order valence-corrected chi connectivity index (χ4v) is 2.49. The molecule has 1 aliphatic rings. The number of rotatable bonds is 4. The van der Waals surface area contributed by atoms with Crippen molar-refractivity contribution in [1.82, 2.24) is 14.9 Å². The molecule has 1 saturated heterocycles.